The molecule has 0 unspecified atom stereocenters. The Bertz CT molecular complexity index is 704. The first kappa shape index (κ1) is 16.3. The Kier molecular flexibility index (Phi) is 4.38. The fourth-order valence-corrected chi connectivity index (χ4v) is 4.20. The molecule has 118 valence electrons. The number of hydrogen-bond donors (Lipinski definition) is 3. The van der Waals surface area contributed by atoms with Gasteiger partial charge in [0, 0.05) is 13.1 Å². The van der Waals surface area contributed by atoms with Crippen molar-refractivity contribution in [3.8, 4) is 0 Å². The molecule has 8 nitrogen and oxygen atoms in total. The van der Waals surface area contributed by atoms with Crippen molar-refractivity contribution >= 4 is 20.0 Å². The normalized spacial score (nSPS) is 24.3. The highest BCUT2D eigenvalue weighted by atomic mass is 32.2. The van der Waals surface area contributed by atoms with E-state index in [9.17, 15) is 27.0 Å². The van der Waals surface area contributed by atoms with Gasteiger partial charge in [0.15, 0.2) is 0 Å². The lowest BCUT2D eigenvalue weighted by Crippen LogP contribution is -2.30. The van der Waals surface area contributed by atoms with Gasteiger partial charge >= 0.3 is 0 Å². The Morgan fingerprint density at radius 3 is 1.86 bits per heavy atom. The molecule has 0 saturated carbocycles. The van der Waals surface area contributed by atoms with E-state index in [2.05, 4.69) is 4.72 Å². The maximum Gasteiger partial charge on any atom is 0.243 e. The van der Waals surface area contributed by atoms with E-state index in [4.69, 9.17) is 0 Å². The van der Waals surface area contributed by atoms with Crippen LogP contribution in [-0.4, -0.2) is 63.7 Å². The predicted octanol–water partition coefficient (Wildman–Crippen LogP) is -1.68. The quantitative estimate of drug-likeness (QED) is 0.603. The van der Waals surface area contributed by atoms with Gasteiger partial charge in [-0.3, -0.25) is 0 Å². The van der Waals surface area contributed by atoms with Gasteiger partial charge in [0.25, 0.3) is 0 Å². The summed E-state index contributed by atoms with van der Waals surface area (Å²) >= 11 is 0. The first-order chi connectivity index (χ1) is 9.68. The third-order valence-corrected chi connectivity index (χ3v) is 6.54. The molecule has 0 amide bonds. The number of sulfonamides is 2. The van der Waals surface area contributed by atoms with E-state index in [1.54, 1.807) is 0 Å². The van der Waals surface area contributed by atoms with Crippen LogP contribution in [0.15, 0.2) is 34.1 Å². The lowest BCUT2D eigenvalue weighted by Gasteiger charge is -2.15. The van der Waals surface area contributed by atoms with Crippen LogP contribution >= 0.6 is 0 Å². The van der Waals surface area contributed by atoms with Crippen molar-refractivity contribution in [1.82, 2.24) is 9.03 Å². The number of rotatable bonds is 4. The van der Waals surface area contributed by atoms with Crippen molar-refractivity contribution in [3.63, 3.8) is 0 Å². The summed E-state index contributed by atoms with van der Waals surface area (Å²) in [5.41, 5.74) is 0. The molecule has 0 aliphatic carbocycles. The Balaban J connectivity index is 2.30. The molecule has 21 heavy (non-hydrogen) atoms. The van der Waals surface area contributed by atoms with Gasteiger partial charge in [0.2, 0.25) is 20.0 Å². The molecule has 3 N–H and O–H groups in total. The lowest BCUT2D eigenvalue weighted by atomic mass is 10.3. The van der Waals surface area contributed by atoms with E-state index in [1.165, 1.54) is 31.3 Å². The molecular weight excluding hydrogens is 320 g/mol. The van der Waals surface area contributed by atoms with Gasteiger partial charge < -0.3 is 10.2 Å². The van der Waals surface area contributed by atoms with Crippen LogP contribution in [0.5, 0.6) is 0 Å². The van der Waals surface area contributed by atoms with Crippen LogP contribution in [0.3, 0.4) is 0 Å². The topological polar surface area (TPSA) is 124 Å². The lowest BCUT2D eigenvalue weighted by molar-refractivity contribution is 0.0572. The third-order valence-electron chi connectivity index (χ3n) is 3.27. The maximum absolute atomic E-state index is 12.3. The summed E-state index contributed by atoms with van der Waals surface area (Å²) in [6, 6.07) is 4.72. The zero-order chi connectivity index (χ0) is 15.8. The van der Waals surface area contributed by atoms with Crippen molar-refractivity contribution < 1.29 is 27.0 Å². The van der Waals surface area contributed by atoms with Crippen LogP contribution in [0, 0.1) is 0 Å². The SMILES string of the molecule is CNS(=O)(=O)c1ccc(S(=O)(=O)N2C[C@@H](O)[C@@H](O)C2)cc1. The van der Waals surface area contributed by atoms with Crippen LogP contribution in [0.25, 0.3) is 0 Å². The Hall–Kier alpha value is -1.04. The van der Waals surface area contributed by atoms with Gasteiger partial charge in [-0.05, 0) is 31.3 Å². The molecule has 1 aromatic carbocycles. The average molecular weight is 336 g/mol. The number of benzene rings is 1. The molecular formula is C11H16N2O6S2. The molecule has 0 spiro atoms. The minimum absolute atomic E-state index is 0.0505. The smallest absolute Gasteiger partial charge is 0.243 e. The molecule has 2 atom stereocenters. The van der Waals surface area contributed by atoms with Gasteiger partial charge in [-0.1, -0.05) is 0 Å². The Morgan fingerprint density at radius 1 is 1.00 bits per heavy atom. The average Bonchev–Trinajstić information content (AvgIpc) is 2.79. The van der Waals surface area contributed by atoms with E-state index in [1.807, 2.05) is 0 Å². The van der Waals surface area contributed by atoms with E-state index >= 15 is 0 Å². The highest BCUT2D eigenvalue weighted by molar-refractivity contribution is 7.89. The van der Waals surface area contributed by atoms with E-state index in [-0.39, 0.29) is 22.9 Å². The molecule has 1 fully saturated rings. The minimum atomic E-state index is -3.88. The van der Waals surface area contributed by atoms with E-state index in [0.717, 1.165) is 4.31 Å². The molecule has 0 aromatic heterocycles. The highest BCUT2D eigenvalue weighted by Gasteiger charge is 2.37. The molecule has 1 saturated heterocycles. The van der Waals surface area contributed by atoms with Crippen LogP contribution in [-0.2, 0) is 20.0 Å². The van der Waals surface area contributed by atoms with Gasteiger partial charge in [0.1, 0.15) is 0 Å². The summed E-state index contributed by atoms with van der Waals surface area (Å²) in [7, 11) is -6.25. The second-order valence-corrected chi connectivity index (χ2v) is 8.46. The summed E-state index contributed by atoms with van der Waals surface area (Å²) in [5.74, 6) is 0. The van der Waals surface area contributed by atoms with Crippen LogP contribution < -0.4 is 4.72 Å². The number of hydrogen-bond acceptors (Lipinski definition) is 6. The fourth-order valence-electron chi connectivity index (χ4n) is 1.99. The fraction of sp³-hybridized carbons (Fsp3) is 0.455. The van der Waals surface area contributed by atoms with Crippen molar-refractivity contribution in [2.75, 3.05) is 20.1 Å². The zero-order valence-electron chi connectivity index (χ0n) is 11.2. The van der Waals surface area contributed by atoms with Crippen molar-refractivity contribution in [2.24, 2.45) is 0 Å². The van der Waals surface area contributed by atoms with Gasteiger partial charge in [-0.15, -0.1) is 0 Å². The summed E-state index contributed by atoms with van der Waals surface area (Å²) in [4.78, 5) is -0.149. The van der Waals surface area contributed by atoms with Crippen LogP contribution in [0.4, 0.5) is 0 Å². The van der Waals surface area contributed by atoms with Crippen molar-refractivity contribution in [3.05, 3.63) is 24.3 Å². The molecule has 1 aromatic rings. The molecule has 1 aliphatic heterocycles. The third kappa shape index (κ3) is 3.10. The predicted molar refractivity (Wildman–Crippen MR) is 73.5 cm³/mol. The summed E-state index contributed by atoms with van der Waals surface area (Å²) in [6.45, 7) is -0.389. The largest absolute Gasteiger partial charge is 0.389 e. The first-order valence-electron chi connectivity index (χ1n) is 6.08. The Labute approximate surface area is 123 Å². The minimum Gasteiger partial charge on any atom is -0.389 e. The molecule has 0 radical (unpaired) electrons. The molecule has 0 bridgehead atoms. The van der Waals surface area contributed by atoms with Crippen LogP contribution in [0.2, 0.25) is 0 Å². The number of nitrogens with zero attached hydrogens (tertiary/aromatic N) is 1. The van der Waals surface area contributed by atoms with Crippen molar-refractivity contribution in [1.29, 1.82) is 0 Å². The molecule has 2 rings (SSSR count). The number of aliphatic hydroxyl groups is 2. The zero-order valence-corrected chi connectivity index (χ0v) is 12.8. The number of aliphatic hydroxyl groups excluding tert-OH is 2. The monoisotopic (exact) mass is 336 g/mol. The Morgan fingerprint density at radius 2 is 1.43 bits per heavy atom. The molecule has 10 heteroatoms. The maximum atomic E-state index is 12.3. The summed E-state index contributed by atoms with van der Waals surface area (Å²) < 4.78 is 50.8. The van der Waals surface area contributed by atoms with Crippen molar-refractivity contribution in [2.45, 2.75) is 22.0 Å². The number of β-amino-alcohol motifs (C(OH)–C–C–N with tert-alkyl or cyclic N) is 2. The van der Waals surface area contributed by atoms with Gasteiger partial charge in [-0.25, -0.2) is 21.6 Å². The van der Waals surface area contributed by atoms with Gasteiger partial charge in [0.05, 0.1) is 22.0 Å². The summed E-state index contributed by atoms with van der Waals surface area (Å²) in [5, 5.41) is 18.8. The molecule has 1 heterocycles. The highest BCUT2D eigenvalue weighted by Crippen LogP contribution is 2.22. The van der Waals surface area contributed by atoms with Gasteiger partial charge in [-0.2, -0.15) is 4.31 Å². The summed E-state index contributed by atoms with van der Waals surface area (Å²) in [6.07, 6.45) is -2.24. The second-order valence-electron chi connectivity index (χ2n) is 4.64. The number of nitrogens with one attached hydrogen (secondary N) is 1. The van der Waals surface area contributed by atoms with Crippen LogP contribution in [0.1, 0.15) is 0 Å². The first-order valence-corrected chi connectivity index (χ1v) is 9.00. The standard InChI is InChI=1S/C11H16N2O6S2/c1-12-20(16,17)8-2-4-9(5-3-8)21(18,19)13-6-10(14)11(15)7-13/h2-5,10-12,14-15H,6-7H2,1H3/t10-,11+. The second kappa shape index (κ2) is 5.63. The van der Waals surface area contributed by atoms with E-state index < -0.39 is 32.3 Å². The molecule has 1 aliphatic rings. The van der Waals surface area contributed by atoms with E-state index in [0.29, 0.717) is 0 Å².